The summed E-state index contributed by atoms with van der Waals surface area (Å²) in [5, 5.41) is 3.11. The smallest absolute Gasteiger partial charge is 0.223 e. The van der Waals surface area contributed by atoms with Crippen molar-refractivity contribution in [2.24, 2.45) is 11.8 Å². The van der Waals surface area contributed by atoms with Gasteiger partial charge in [0.2, 0.25) is 5.91 Å². The van der Waals surface area contributed by atoms with Gasteiger partial charge in [-0.05, 0) is 44.8 Å². The lowest BCUT2D eigenvalue weighted by Gasteiger charge is -2.32. The van der Waals surface area contributed by atoms with Gasteiger partial charge in [-0.2, -0.15) is 0 Å². The summed E-state index contributed by atoms with van der Waals surface area (Å²) >= 11 is 0. The predicted molar refractivity (Wildman–Crippen MR) is 86.8 cm³/mol. The van der Waals surface area contributed by atoms with Crippen LogP contribution < -0.4 is 5.32 Å². The van der Waals surface area contributed by atoms with E-state index in [0.717, 1.165) is 31.5 Å². The summed E-state index contributed by atoms with van der Waals surface area (Å²) in [5.41, 5.74) is 0.735. The summed E-state index contributed by atoms with van der Waals surface area (Å²) in [6.45, 7) is 8.61. The van der Waals surface area contributed by atoms with Crippen molar-refractivity contribution in [1.29, 1.82) is 0 Å². The molecule has 0 aromatic heterocycles. The first-order valence-electron chi connectivity index (χ1n) is 8.23. The van der Waals surface area contributed by atoms with Crippen LogP contribution in [0.15, 0.2) is 24.3 Å². The Morgan fingerprint density at radius 2 is 1.91 bits per heavy atom. The molecule has 1 aromatic carbocycles. The summed E-state index contributed by atoms with van der Waals surface area (Å²) < 4.78 is 13.7. The lowest BCUT2D eigenvalue weighted by atomic mass is 9.94. The summed E-state index contributed by atoms with van der Waals surface area (Å²) in [6.07, 6.45) is 1.70. The summed E-state index contributed by atoms with van der Waals surface area (Å²) in [7, 11) is 0. The Labute approximate surface area is 132 Å². The molecule has 0 spiro atoms. The predicted octanol–water partition coefficient (Wildman–Crippen LogP) is 3.20. The fraction of sp³-hybridized carbons (Fsp3) is 0.611. The van der Waals surface area contributed by atoms with Crippen molar-refractivity contribution in [2.45, 2.75) is 46.2 Å². The number of carbonyl (C=O) groups excluding carboxylic acids is 1. The van der Waals surface area contributed by atoms with E-state index in [1.165, 1.54) is 6.07 Å². The van der Waals surface area contributed by atoms with Crippen molar-refractivity contribution in [1.82, 2.24) is 10.2 Å². The zero-order valence-electron chi connectivity index (χ0n) is 13.8. The minimum Gasteiger partial charge on any atom is -0.353 e. The van der Waals surface area contributed by atoms with Crippen molar-refractivity contribution in [3.63, 3.8) is 0 Å². The van der Waals surface area contributed by atoms with E-state index in [1.54, 1.807) is 6.07 Å². The summed E-state index contributed by atoms with van der Waals surface area (Å²) in [5.74, 6) is 0.572. The van der Waals surface area contributed by atoms with E-state index >= 15 is 0 Å². The van der Waals surface area contributed by atoms with Crippen molar-refractivity contribution in [3.8, 4) is 0 Å². The number of carbonyl (C=O) groups is 1. The van der Waals surface area contributed by atoms with Crippen LogP contribution in [-0.4, -0.2) is 29.9 Å². The van der Waals surface area contributed by atoms with Gasteiger partial charge in [-0.3, -0.25) is 9.69 Å². The number of benzene rings is 1. The molecule has 2 rings (SSSR count). The van der Waals surface area contributed by atoms with E-state index in [-0.39, 0.29) is 23.7 Å². The Kier molecular flexibility index (Phi) is 5.95. The fourth-order valence-corrected chi connectivity index (χ4v) is 2.73. The molecule has 1 atom stereocenters. The molecule has 1 aliphatic heterocycles. The molecule has 0 bridgehead atoms. The van der Waals surface area contributed by atoms with E-state index in [9.17, 15) is 9.18 Å². The maximum absolute atomic E-state index is 13.7. The number of hydrogen-bond acceptors (Lipinski definition) is 2. The van der Waals surface area contributed by atoms with E-state index in [2.05, 4.69) is 31.0 Å². The Bertz CT molecular complexity index is 496. The molecule has 3 nitrogen and oxygen atoms in total. The molecular weight excluding hydrogens is 279 g/mol. The van der Waals surface area contributed by atoms with Gasteiger partial charge in [0.25, 0.3) is 0 Å². The SMILES string of the molecule is CC(C)[C@H](C)NC(=O)C1CCN(Cc2ccccc2F)CC1. The first-order valence-corrected chi connectivity index (χ1v) is 8.23. The summed E-state index contributed by atoms with van der Waals surface area (Å²) in [4.78, 5) is 14.5. The molecule has 1 fully saturated rings. The monoisotopic (exact) mass is 306 g/mol. The molecular formula is C18H27FN2O. The van der Waals surface area contributed by atoms with Crippen LogP contribution in [0.1, 0.15) is 39.2 Å². The lowest BCUT2D eigenvalue weighted by molar-refractivity contribution is -0.127. The molecule has 0 radical (unpaired) electrons. The van der Waals surface area contributed by atoms with Gasteiger partial charge in [-0.1, -0.05) is 32.0 Å². The van der Waals surface area contributed by atoms with Crippen LogP contribution in [-0.2, 0) is 11.3 Å². The lowest BCUT2D eigenvalue weighted by Crippen LogP contribution is -2.44. The number of piperidine rings is 1. The Morgan fingerprint density at radius 3 is 2.50 bits per heavy atom. The normalized spacial score (nSPS) is 18.4. The average molecular weight is 306 g/mol. The van der Waals surface area contributed by atoms with Crippen LogP contribution in [0.25, 0.3) is 0 Å². The van der Waals surface area contributed by atoms with Crippen LogP contribution in [0.5, 0.6) is 0 Å². The van der Waals surface area contributed by atoms with Gasteiger partial charge in [0.15, 0.2) is 0 Å². The van der Waals surface area contributed by atoms with Crippen LogP contribution in [0.3, 0.4) is 0 Å². The van der Waals surface area contributed by atoms with Crippen molar-refractivity contribution in [3.05, 3.63) is 35.6 Å². The van der Waals surface area contributed by atoms with Gasteiger partial charge < -0.3 is 5.32 Å². The van der Waals surface area contributed by atoms with Gasteiger partial charge in [0, 0.05) is 24.1 Å². The second-order valence-electron chi connectivity index (χ2n) is 6.68. The number of hydrogen-bond donors (Lipinski definition) is 1. The third kappa shape index (κ3) is 4.54. The van der Waals surface area contributed by atoms with Crippen LogP contribution >= 0.6 is 0 Å². The molecule has 1 saturated heterocycles. The van der Waals surface area contributed by atoms with Gasteiger partial charge in [-0.25, -0.2) is 4.39 Å². The number of amides is 1. The van der Waals surface area contributed by atoms with Gasteiger partial charge >= 0.3 is 0 Å². The average Bonchev–Trinajstić information content (AvgIpc) is 2.50. The fourth-order valence-electron chi connectivity index (χ4n) is 2.73. The minimum atomic E-state index is -0.145. The highest BCUT2D eigenvalue weighted by Crippen LogP contribution is 2.20. The Balaban J connectivity index is 1.80. The molecule has 122 valence electrons. The third-order valence-corrected chi connectivity index (χ3v) is 4.68. The first-order chi connectivity index (χ1) is 10.5. The van der Waals surface area contributed by atoms with Crippen molar-refractivity contribution < 1.29 is 9.18 Å². The number of likely N-dealkylation sites (tertiary alicyclic amines) is 1. The molecule has 0 aliphatic carbocycles. The minimum absolute atomic E-state index is 0.0954. The highest BCUT2D eigenvalue weighted by Gasteiger charge is 2.26. The largest absolute Gasteiger partial charge is 0.353 e. The number of nitrogens with zero attached hydrogens (tertiary/aromatic N) is 1. The maximum Gasteiger partial charge on any atom is 0.223 e. The Hall–Kier alpha value is -1.42. The van der Waals surface area contributed by atoms with Gasteiger partial charge in [0.05, 0.1) is 0 Å². The zero-order valence-corrected chi connectivity index (χ0v) is 13.8. The van der Waals surface area contributed by atoms with E-state index in [0.29, 0.717) is 12.5 Å². The quantitative estimate of drug-likeness (QED) is 0.906. The maximum atomic E-state index is 13.7. The number of nitrogens with one attached hydrogen (secondary N) is 1. The topological polar surface area (TPSA) is 32.3 Å². The molecule has 1 N–H and O–H groups in total. The molecule has 22 heavy (non-hydrogen) atoms. The van der Waals surface area contributed by atoms with E-state index in [4.69, 9.17) is 0 Å². The van der Waals surface area contributed by atoms with Crippen LogP contribution in [0.4, 0.5) is 4.39 Å². The molecule has 0 unspecified atom stereocenters. The van der Waals surface area contributed by atoms with E-state index < -0.39 is 0 Å². The van der Waals surface area contributed by atoms with E-state index in [1.807, 2.05) is 12.1 Å². The van der Waals surface area contributed by atoms with Crippen molar-refractivity contribution in [2.75, 3.05) is 13.1 Å². The molecule has 0 saturated carbocycles. The highest BCUT2D eigenvalue weighted by molar-refractivity contribution is 5.79. The molecule has 1 aliphatic rings. The number of rotatable bonds is 5. The standard InChI is InChI=1S/C18H27FN2O/c1-13(2)14(3)20-18(22)15-8-10-21(11-9-15)12-16-6-4-5-7-17(16)19/h4-7,13-15H,8-12H2,1-3H3,(H,20,22)/t14-/m0/s1. The third-order valence-electron chi connectivity index (χ3n) is 4.68. The second-order valence-corrected chi connectivity index (χ2v) is 6.68. The van der Waals surface area contributed by atoms with Crippen LogP contribution in [0, 0.1) is 17.7 Å². The second kappa shape index (κ2) is 7.73. The van der Waals surface area contributed by atoms with Gasteiger partial charge in [-0.15, -0.1) is 0 Å². The molecule has 1 amide bonds. The molecule has 1 aromatic rings. The molecule has 1 heterocycles. The van der Waals surface area contributed by atoms with Gasteiger partial charge in [0.1, 0.15) is 5.82 Å². The first kappa shape index (κ1) is 16.9. The Morgan fingerprint density at radius 1 is 1.27 bits per heavy atom. The van der Waals surface area contributed by atoms with Crippen LogP contribution in [0.2, 0.25) is 0 Å². The summed E-state index contributed by atoms with van der Waals surface area (Å²) in [6, 6.07) is 7.13. The molecule has 4 heteroatoms. The van der Waals surface area contributed by atoms with Crippen molar-refractivity contribution >= 4 is 5.91 Å². The zero-order chi connectivity index (χ0) is 16.1. The highest BCUT2D eigenvalue weighted by atomic mass is 19.1. The number of halogens is 1.